The molecule has 152 valence electrons. The highest BCUT2D eigenvalue weighted by atomic mass is 15.3. The number of aliphatic imine (C=N–C) groups is 1. The number of benzene rings is 1. The molecule has 1 unspecified atom stereocenters. The zero-order chi connectivity index (χ0) is 19.6. The van der Waals surface area contributed by atoms with Crippen LogP contribution >= 0.6 is 0 Å². The first-order valence-electron chi connectivity index (χ1n) is 10.6. The van der Waals surface area contributed by atoms with Gasteiger partial charge in [-0.2, -0.15) is 0 Å². The van der Waals surface area contributed by atoms with Gasteiger partial charge in [-0.05, 0) is 37.4 Å². The van der Waals surface area contributed by atoms with Gasteiger partial charge in [0, 0.05) is 45.3 Å². The van der Waals surface area contributed by atoms with Crippen molar-refractivity contribution in [1.29, 1.82) is 0 Å². The fraction of sp³-hybridized carbons (Fsp3) is 0.682. The van der Waals surface area contributed by atoms with Gasteiger partial charge in [-0.3, -0.25) is 4.90 Å². The van der Waals surface area contributed by atoms with E-state index < -0.39 is 0 Å². The molecule has 0 saturated carbocycles. The molecule has 27 heavy (non-hydrogen) atoms. The number of hydrogen-bond donors (Lipinski definition) is 2. The van der Waals surface area contributed by atoms with E-state index in [0.29, 0.717) is 12.0 Å². The van der Waals surface area contributed by atoms with Crippen LogP contribution in [-0.2, 0) is 13.0 Å². The van der Waals surface area contributed by atoms with E-state index in [9.17, 15) is 0 Å². The predicted octanol–water partition coefficient (Wildman–Crippen LogP) is 2.58. The zero-order valence-corrected chi connectivity index (χ0v) is 18.0. The first kappa shape index (κ1) is 21.7. The van der Waals surface area contributed by atoms with Crippen molar-refractivity contribution in [2.45, 2.75) is 46.7 Å². The molecule has 0 aromatic heterocycles. The van der Waals surface area contributed by atoms with Gasteiger partial charge in [0.1, 0.15) is 0 Å². The van der Waals surface area contributed by atoms with Crippen molar-refractivity contribution < 1.29 is 0 Å². The van der Waals surface area contributed by atoms with Crippen molar-refractivity contribution in [3.05, 3.63) is 35.4 Å². The van der Waals surface area contributed by atoms with E-state index >= 15 is 0 Å². The van der Waals surface area contributed by atoms with Crippen molar-refractivity contribution in [3.8, 4) is 0 Å². The van der Waals surface area contributed by atoms with Crippen molar-refractivity contribution >= 4 is 5.96 Å². The Kier molecular flexibility index (Phi) is 9.08. The molecule has 0 radical (unpaired) electrons. The molecule has 1 fully saturated rings. The van der Waals surface area contributed by atoms with Gasteiger partial charge in [-0.15, -0.1) is 0 Å². The van der Waals surface area contributed by atoms with E-state index in [1.807, 2.05) is 0 Å². The number of nitrogens with one attached hydrogen (secondary N) is 2. The minimum absolute atomic E-state index is 0.533. The number of likely N-dealkylation sites (N-methyl/N-ethyl adjacent to an activating group) is 1. The lowest BCUT2D eigenvalue weighted by Crippen LogP contribution is -2.55. The molecular formula is C22H39N5. The van der Waals surface area contributed by atoms with Crippen LogP contribution in [0, 0.1) is 5.92 Å². The second-order valence-corrected chi connectivity index (χ2v) is 7.85. The SMILES string of the molecule is CCNC(=NCc1ccccc1CC)NCC(C(C)C)N1CCN(C)CC1. The lowest BCUT2D eigenvalue weighted by molar-refractivity contribution is 0.0900. The minimum atomic E-state index is 0.533. The Morgan fingerprint density at radius 1 is 1.04 bits per heavy atom. The lowest BCUT2D eigenvalue weighted by Gasteiger charge is -2.40. The molecule has 2 N–H and O–H groups in total. The number of nitrogens with zero attached hydrogens (tertiary/aromatic N) is 3. The number of piperazine rings is 1. The quantitative estimate of drug-likeness (QED) is 0.543. The van der Waals surface area contributed by atoms with Crippen LogP contribution in [0.4, 0.5) is 0 Å². The van der Waals surface area contributed by atoms with Gasteiger partial charge in [0.15, 0.2) is 5.96 Å². The van der Waals surface area contributed by atoms with Gasteiger partial charge in [0.25, 0.3) is 0 Å². The van der Waals surface area contributed by atoms with E-state index in [2.05, 4.69) is 79.4 Å². The summed E-state index contributed by atoms with van der Waals surface area (Å²) in [4.78, 5) is 9.90. The number of guanidine groups is 1. The van der Waals surface area contributed by atoms with Gasteiger partial charge in [0.05, 0.1) is 6.54 Å². The maximum absolute atomic E-state index is 4.85. The molecule has 1 saturated heterocycles. The Labute approximate surface area is 166 Å². The topological polar surface area (TPSA) is 42.9 Å². The second-order valence-electron chi connectivity index (χ2n) is 7.85. The molecule has 1 atom stereocenters. The summed E-state index contributed by atoms with van der Waals surface area (Å²) in [6.07, 6.45) is 1.05. The average Bonchev–Trinajstić information content (AvgIpc) is 2.67. The van der Waals surface area contributed by atoms with Gasteiger partial charge in [-0.25, -0.2) is 4.99 Å². The third-order valence-electron chi connectivity index (χ3n) is 5.51. The highest BCUT2D eigenvalue weighted by Gasteiger charge is 2.25. The van der Waals surface area contributed by atoms with Crippen LogP contribution < -0.4 is 10.6 Å². The van der Waals surface area contributed by atoms with Crippen molar-refractivity contribution in [2.24, 2.45) is 10.9 Å². The largest absolute Gasteiger partial charge is 0.357 e. The smallest absolute Gasteiger partial charge is 0.191 e. The molecule has 1 aromatic rings. The van der Waals surface area contributed by atoms with E-state index in [0.717, 1.165) is 58.2 Å². The summed E-state index contributed by atoms with van der Waals surface area (Å²) in [6, 6.07) is 9.14. The molecule has 1 heterocycles. The van der Waals surface area contributed by atoms with Crippen LogP contribution in [-0.4, -0.2) is 68.1 Å². The molecule has 1 aliphatic heterocycles. The fourth-order valence-corrected chi connectivity index (χ4v) is 3.70. The summed E-state index contributed by atoms with van der Waals surface area (Å²) < 4.78 is 0. The lowest BCUT2D eigenvalue weighted by atomic mass is 10.0. The Bertz CT molecular complexity index is 576. The van der Waals surface area contributed by atoms with Crippen LogP contribution in [0.15, 0.2) is 29.3 Å². The summed E-state index contributed by atoms with van der Waals surface area (Å²) in [5.41, 5.74) is 2.70. The average molecular weight is 374 g/mol. The van der Waals surface area contributed by atoms with Crippen LogP contribution in [0.3, 0.4) is 0 Å². The monoisotopic (exact) mass is 373 g/mol. The minimum Gasteiger partial charge on any atom is -0.357 e. The maximum Gasteiger partial charge on any atom is 0.191 e. The van der Waals surface area contributed by atoms with Crippen LogP contribution in [0.5, 0.6) is 0 Å². The summed E-state index contributed by atoms with van der Waals surface area (Å²) in [6.45, 7) is 16.1. The molecule has 5 nitrogen and oxygen atoms in total. The molecule has 5 heteroatoms. The maximum atomic E-state index is 4.85. The van der Waals surface area contributed by atoms with Gasteiger partial charge in [0.2, 0.25) is 0 Å². The Morgan fingerprint density at radius 2 is 1.70 bits per heavy atom. The highest BCUT2D eigenvalue weighted by molar-refractivity contribution is 5.79. The Balaban J connectivity index is 1.98. The van der Waals surface area contributed by atoms with Crippen molar-refractivity contribution in [3.63, 3.8) is 0 Å². The summed E-state index contributed by atoms with van der Waals surface area (Å²) in [5.74, 6) is 1.53. The van der Waals surface area contributed by atoms with E-state index in [1.54, 1.807) is 0 Å². The highest BCUT2D eigenvalue weighted by Crippen LogP contribution is 2.13. The standard InChI is InChI=1S/C22H39N5/c1-6-19-10-8-9-11-20(19)16-24-22(23-7-2)25-17-21(18(3)4)27-14-12-26(5)13-15-27/h8-11,18,21H,6-7,12-17H2,1-5H3,(H2,23,24,25). The zero-order valence-electron chi connectivity index (χ0n) is 18.0. The third-order valence-corrected chi connectivity index (χ3v) is 5.51. The normalized spacial score (nSPS) is 17.9. The first-order valence-corrected chi connectivity index (χ1v) is 10.6. The molecule has 1 aromatic carbocycles. The Morgan fingerprint density at radius 3 is 2.30 bits per heavy atom. The molecule has 0 amide bonds. The summed E-state index contributed by atoms with van der Waals surface area (Å²) >= 11 is 0. The number of aryl methyl sites for hydroxylation is 1. The number of rotatable bonds is 8. The molecule has 0 spiro atoms. The van der Waals surface area contributed by atoms with Gasteiger partial charge in [-0.1, -0.05) is 45.0 Å². The summed E-state index contributed by atoms with van der Waals surface area (Å²) in [5, 5.41) is 7.01. The van der Waals surface area contributed by atoms with Crippen molar-refractivity contribution in [2.75, 3.05) is 46.3 Å². The predicted molar refractivity (Wildman–Crippen MR) is 116 cm³/mol. The summed E-state index contributed by atoms with van der Waals surface area (Å²) in [7, 11) is 2.21. The van der Waals surface area contributed by atoms with Crippen LogP contribution in [0.25, 0.3) is 0 Å². The molecule has 2 rings (SSSR count). The first-order chi connectivity index (χ1) is 13.0. The molecule has 1 aliphatic rings. The Hall–Kier alpha value is -1.59. The molecular weight excluding hydrogens is 334 g/mol. The van der Waals surface area contributed by atoms with Gasteiger partial charge >= 0.3 is 0 Å². The van der Waals surface area contributed by atoms with E-state index in [4.69, 9.17) is 4.99 Å². The van der Waals surface area contributed by atoms with Gasteiger partial charge < -0.3 is 15.5 Å². The second kappa shape index (κ2) is 11.3. The van der Waals surface area contributed by atoms with E-state index in [-0.39, 0.29) is 0 Å². The molecule has 0 aliphatic carbocycles. The van der Waals surface area contributed by atoms with Crippen LogP contribution in [0.2, 0.25) is 0 Å². The van der Waals surface area contributed by atoms with Crippen LogP contribution in [0.1, 0.15) is 38.8 Å². The van der Waals surface area contributed by atoms with E-state index in [1.165, 1.54) is 11.1 Å². The fourth-order valence-electron chi connectivity index (χ4n) is 3.70. The third kappa shape index (κ3) is 6.82. The molecule has 0 bridgehead atoms. The number of hydrogen-bond acceptors (Lipinski definition) is 3. The van der Waals surface area contributed by atoms with Crippen molar-refractivity contribution in [1.82, 2.24) is 20.4 Å².